The number of primary amides is 1. The predicted molar refractivity (Wildman–Crippen MR) is 64.9 cm³/mol. The van der Waals surface area contributed by atoms with Crippen molar-refractivity contribution < 1.29 is 19.4 Å². The van der Waals surface area contributed by atoms with Gasteiger partial charge in [0.2, 0.25) is 11.8 Å². The zero-order chi connectivity index (χ0) is 13.5. The van der Waals surface area contributed by atoms with E-state index in [0.29, 0.717) is 5.75 Å². The Labute approximate surface area is 105 Å². The van der Waals surface area contributed by atoms with E-state index in [1.54, 1.807) is 31.4 Å². The summed E-state index contributed by atoms with van der Waals surface area (Å²) in [5, 5.41) is 11.5. The number of carbonyl (C=O) groups excluding carboxylic acids is 2. The van der Waals surface area contributed by atoms with Gasteiger partial charge in [0.25, 0.3) is 0 Å². The zero-order valence-electron chi connectivity index (χ0n) is 10.1. The van der Waals surface area contributed by atoms with Gasteiger partial charge in [-0.15, -0.1) is 0 Å². The molecule has 0 bridgehead atoms. The number of nitrogens with two attached hydrogens (primary N) is 1. The summed E-state index contributed by atoms with van der Waals surface area (Å²) in [7, 11) is 1.54. The fourth-order valence-electron chi connectivity index (χ4n) is 1.34. The lowest BCUT2D eigenvalue weighted by molar-refractivity contribution is -0.126. The lowest BCUT2D eigenvalue weighted by atomic mass is 10.1. The largest absolute Gasteiger partial charge is 0.497 e. The molecule has 98 valence electrons. The van der Waals surface area contributed by atoms with Crippen molar-refractivity contribution in [1.29, 1.82) is 0 Å². The highest BCUT2D eigenvalue weighted by Gasteiger charge is 2.12. The number of aliphatic hydroxyl groups excluding tert-OH is 1. The van der Waals surface area contributed by atoms with E-state index in [1.807, 2.05) is 0 Å². The highest BCUT2D eigenvalue weighted by molar-refractivity contribution is 5.81. The van der Waals surface area contributed by atoms with Crippen molar-refractivity contribution in [1.82, 2.24) is 5.32 Å². The Morgan fingerprint density at radius 2 is 2.22 bits per heavy atom. The van der Waals surface area contributed by atoms with Gasteiger partial charge in [-0.05, 0) is 17.7 Å². The third-order valence-electron chi connectivity index (χ3n) is 2.32. The number of benzene rings is 1. The van der Waals surface area contributed by atoms with Gasteiger partial charge in [-0.25, -0.2) is 0 Å². The van der Waals surface area contributed by atoms with Crippen molar-refractivity contribution >= 4 is 11.8 Å². The van der Waals surface area contributed by atoms with Crippen molar-refractivity contribution in [2.45, 2.75) is 12.5 Å². The van der Waals surface area contributed by atoms with E-state index in [0.717, 1.165) is 5.56 Å². The molecule has 4 N–H and O–H groups in total. The number of rotatable bonds is 6. The molecule has 2 amide bonds. The molecule has 0 aliphatic rings. The molecule has 1 unspecified atom stereocenters. The fraction of sp³-hybridized carbons (Fsp3) is 0.333. The van der Waals surface area contributed by atoms with Gasteiger partial charge in [-0.3, -0.25) is 9.59 Å². The molecule has 0 saturated carbocycles. The Bertz CT molecular complexity index is 434. The Hall–Kier alpha value is -2.08. The molecule has 0 fully saturated rings. The van der Waals surface area contributed by atoms with Gasteiger partial charge in [-0.2, -0.15) is 0 Å². The van der Waals surface area contributed by atoms with Gasteiger partial charge in [0.15, 0.2) is 0 Å². The van der Waals surface area contributed by atoms with E-state index in [9.17, 15) is 9.59 Å². The third kappa shape index (κ3) is 4.42. The molecule has 1 rings (SSSR count). The van der Waals surface area contributed by atoms with Crippen molar-refractivity contribution in [3.63, 3.8) is 0 Å². The first kappa shape index (κ1) is 14.0. The molecule has 0 aliphatic heterocycles. The zero-order valence-corrected chi connectivity index (χ0v) is 10.1. The quantitative estimate of drug-likeness (QED) is 0.617. The average Bonchev–Trinajstić information content (AvgIpc) is 2.36. The van der Waals surface area contributed by atoms with E-state index in [-0.39, 0.29) is 18.9 Å². The fourth-order valence-corrected chi connectivity index (χ4v) is 1.34. The molecule has 18 heavy (non-hydrogen) atoms. The summed E-state index contributed by atoms with van der Waals surface area (Å²) >= 11 is 0. The number of ether oxygens (including phenoxy) is 1. The maximum absolute atomic E-state index is 11.5. The topological polar surface area (TPSA) is 102 Å². The Balaban J connectivity index is 2.46. The minimum absolute atomic E-state index is 0.142. The van der Waals surface area contributed by atoms with Crippen LogP contribution in [0.25, 0.3) is 0 Å². The summed E-state index contributed by atoms with van der Waals surface area (Å²) in [6, 6.07) is 7.08. The number of hydrogen-bond donors (Lipinski definition) is 3. The van der Waals surface area contributed by atoms with Gasteiger partial charge < -0.3 is 20.9 Å². The van der Waals surface area contributed by atoms with Crippen LogP contribution in [-0.2, 0) is 16.0 Å². The van der Waals surface area contributed by atoms with Crippen LogP contribution < -0.4 is 15.8 Å². The first-order valence-corrected chi connectivity index (χ1v) is 5.40. The number of nitrogens with one attached hydrogen (secondary N) is 1. The van der Waals surface area contributed by atoms with Crippen LogP contribution in [0.5, 0.6) is 5.75 Å². The van der Waals surface area contributed by atoms with Crippen molar-refractivity contribution in [2.24, 2.45) is 5.73 Å². The number of carbonyl (C=O) groups is 2. The predicted octanol–water partition coefficient (Wildman–Crippen LogP) is -0.800. The second kappa shape index (κ2) is 6.61. The lowest BCUT2D eigenvalue weighted by Gasteiger charge is -2.09. The Morgan fingerprint density at radius 3 is 2.83 bits per heavy atom. The molecular weight excluding hydrogens is 236 g/mol. The first-order valence-electron chi connectivity index (χ1n) is 5.40. The molecule has 6 nitrogen and oxygen atoms in total. The van der Waals surface area contributed by atoms with E-state index < -0.39 is 12.0 Å². The summed E-state index contributed by atoms with van der Waals surface area (Å²) < 4.78 is 5.03. The number of methoxy groups -OCH3 is 1. The minimum Gasteiger partial charge on any atom is -0.497 e. The summed E-state index contributed by atoms with van der Waals surface area (Å²) in [6.45, 7) is -0.182. The number of aliphatic hydroxyl groups is 1. The van der Waals surface area contributed by atoms with E-state index >= 15 is 0 Å². The second-order valence-electron chi connectivity index (χ2n) is 3.75. The summed E-state index contributed by atoms with van der Waals surface area (Å²) in [4.78, 5) is 22.1. The molecule has 1 aromatic carbocycles. The number of amides is 2. The second-order valence-corrected chi connectivity index (χ2v) is 3.75. The van der Waals surface area contributed by atoms with Crippen LogP contribution in [0.4, 0.5) is 0 Å². The molecular formula is C12H16N2O4. The van der Waals surface area contributed by atoms with Crippen molar-refractivity contribution in [3.05, 3.63) is 29.8 Å². The standard InChI is InChI=1S/C12H16N2O4/c1-18-9-4-2-3-8(5-9)6-11(16)14-7-10(15)12(13)17/h2-5,10,15H,6-7H2,1H3,(H2,13,17)(H,14,16). The van der Waals surface area contributed by atoms with Gasteiger partial charge >= 0.3 is 0 Å². The van der Waals surface area contributed by atoms with E-state index in [2.05, 4.69) is 5.32 Å². The van der Waals surface area contributed by atoms with Crippen LogP contribution in [0, 0.1) is 0 Å². The van der Waals surface area contributed by atoms with Gasteiger partial charge in [-0.1, -0.05) is 12.1 Å². The molecule has 0 aliphatic carbocycles. The van der Waals surface area contributed by atoms with E-state index in [4.69, 9.17) is 15.6 Å². The average molecular weight is 252 g/mol. The molecule has 0 saturated heterocycles. The maximum Gasteiger partial charge on any atom is 0.248 e. The van der Waals surface area contributed by atoms with E-state index in [1.165, 1.54) is 0 Å². The number of hydrogen-bond acceptors (Lipinski definition) is 4. The maximum atomic E-state index is 11.5. The van der Waals surface area contributed by atoms with Crippen LogP contribution >= 0.6 is 0 Å². The molecule has 0 heterocycles. The minimum atomic E-state index is -1.36. The van der Waals surface area contributed by atoms with Gasteiger partial charge in [0.05, 0.1) is 20.1 Å². The third-order valence-corrected chi connectivity index (χ3v) is 2.32. The van der Waals surface area contributed by atoms with Crippen molar-refractivity contribution in [3.8, 4) is 5.75 Å². The van der Waals surface area contributed by atoms with Crippen molar-refractivity contribution in [2.75, 3.05) is 13.7 Å². The van der Waals surface area contributed by atoms with Crippen LogP contribution in [-0.4, -0.2) is 36.7 Å². The lowest BCUT2D eigenvalue weighted by Crippen LogP contribution is -2.40. The normalized spacial score (nSPS) is 11.7. The molecule has 0 aromatic heterocycles. The van der Waals surface area contributed by atoms with Crippen LogP contribution in [0.3, 0.4) is 0 Å². The van der Waals surface area contributed by atoms with Gasteiger partial charge in [0.1, 0.15) is 11.9 Å². The summed E-state index contributed by atoms with van der Waals surface area (Å²) in [5.41, 5.74) is 5.63. The SMILES string of the molecule is COc1cccc(CC(=O)NCC(O)C(N)=O)c1. The highest BCUT2D eigenvalue weighted by Crippen LogP contribution is 2.12. The Morgan fingerprint density at radius 1 is 1.50 bits per heavy atom. The molecule has 6 heteroatoms. The van der Waals surface area contributed by atoms with Crippen LogP contribution in [0.2, 0.25) is 0 Å². The molecule has 0 radical (unpaired) electrons. The molecule has 0 spiro atoms. The smallest absolute Gasteiger partial charge is 0.248 e. The molecule has 1 aromatic rings. The van der Waals surface area contributed by atoms with Crippen LogP contribution in [0.15, 0.2) is 24.3 Å². The first-order chi connectivity index (χ1) is 8.52. The summed E-state index contributed by atoms with van der Waals surface area (Å²) in [6.07, 6.45) is -1.22. The highest BCUT2D eigenvalue weighted by atomic mass is 16.5. The molecule has 1 atom stereocenters. The van der Waals surface area contributed by atoms with Gasteiger partial charge in [0, 0.05) is 0 Å². The monoisotopic (exact) mass is 252 g/mol. The van der Waals surface area contributed by atoms with Crippen LogP contribution in [0.1, 0.15) is 5.56 Å². The Kier molecular flexibility index (Phi) is 5.13. The summed E-state index contributed by atoms with van der Waals surface area (Å²) in [5.74, 6) is -0.502.